The molecule has 0 saturated heterocycles. The third-order valence-corrected chi connectivity index (χ3v) is 3.31. The molecule has 2 heterocycles. The van der Waals surface area contributed by atoms with Gasteiger partial charge in [0.25, 0.3) is 0 Å². The lowest BCUT2D eigenvalue weighted by molar-refractivity contribution is -0.116. The summed E-state index contributed by atoms with van der Waals surface area (Å²) in [4.78, 5) is 16.3. The standard InChI is InChI=1S/C13H16N4O2/c1-9-6-13(19-16-9)15-12(18)7-17-8-14-10-4-2-3-5-11(10)17/h6,8H,2-5,7H2,1H3,(H,15,18). The highest BCUT2D eigenvalue weighted by atomic mass is 16.5. The minimum absolute atomic E-state index is 0.123. The number of anilines is 1. The van der Waals surface area contributed by atoms with Crippen LogP contribution in [0.15, 0.2) is 16.9 Å². The largest absolute Gasteiger partial charge is 0.338 e. The Labute approximate surface area is 110 Å². The number of rotatable bonds is 3. The summed E-state index contributed by atoms with van der Waals surface area (Å²) < 4.78 is 6.88. The number of nitrogens with zero attached hydrogens (tertiary/aromatic N) is 3. The van der Waals surface area contributed by atoms with E-state index >= 15 is 0 Å². The quantitative estimate of drug-likeness (QED) is 0.911. The summed E-state index contributed by atoms with van der Waals surface area (Å²) in [6.07, 6.45) is 6.13. The Hall–Kier alpha value is -2.11. The molecule has 2 aromatic rings. The predicted octanol–water partition coefficient (Wildman–Crippen LogP) is 1.70. The number of hydrogen-bond donors (Lipinski definition) is 1. The van der Waals surface area contributed by atoms with Crippen LogP contribution in [0.5, 0.6) is 0 Å². The van der Waals surface area contributed by atoms with Crippen molar-refractivity contribution in [1.82, 2.24) is 14.7 Å². The lowest BCUT2D eigenvalue weighted by atomic mass is 10.0. The first-order valence-corrected chi connectivity index (χ1v) is 6.48. The van der Waals surface area contributed by atoms with Crippen molar-refractivity contribution in [3.05, 3.63) is 29.5 Å². The molecule has 0 fully saturated rings. The number of aromatic nitrogens is 3. The van der Waals surface area contributed by atoms with E-state index in [1.165, 1.54) is 18.5 Å². The second-order valence-electron chi connectivity index (χ2n) is 4.85. The van der Waals surface area contributed by atoms with Gasteiger partial charge in [-0.25, -0.2) is 4.98 Å². The predicted molar refractivity (Wildman–Crippen MR) is 68.7 cm³/mol. The number of carbonyl (C=O) groups is 1. The van der Waals surface area contributed by atoms with Gasteiger partial charge in [-0.1, -0.05) is 5.16 Å². The first-order chi connectivity index (χ1) is 9.22. The zero-order valence-electron chi connectivity index (χ0n) is 10.8. The molecule has 0 atom stereocenters. The Balaban J connectivity index is 1.68. The Morgan fingerprint density at radius 2 is 2.32 bits per heavy atom. The fraction of sp³-hybridized carbons (Fsp3) is 0.462. The molecule has 0 aliphatic heterocycles. The lowest BCUT2D eigenvalue weighted by Gasteiger charge is -2.13. The van der Waals surface area contributed by atoms with Crippen molar-refractivity contribution in [1.29, 1.82) is 0 Å². The fourth-order valence-electron chi connectivity index (χ4n) is 2.42. The number of nitrogens with one attached hydrogen (secondary N) is 1. The van der Waals surface area contributed by atoms with E-state index in [2.05, 4.69) is 15.5 Å². The average Bonchev–Trinajstić information content (AvgIpc) is 2.97. The summed E-state index contributed by atoms with van der Waals surface area (Å²) in [6.45, 7) is 2.08. The van der Waals surface area contributed by atoms with E-state index in [9.17, 15) is 4.79 Å². The van der Waals surface area contributed by atoms with Crippen molar-refractivity contribution in [2.24, 2.45) is 0 Å². The highest BCUT2D eigenvalue weighted by Gasteiger charge is 2.17. The van der Waals surface area contributed by atoms with E-state index in [0.29, 0.717) is 5.88 Å². The highest BCUT2D eigenvalue weighted by molar-refractivity contribution is 5.89. The van der Waals surface area contributed by atoms with Gasteiger partial charge in [0.1, 0.15) is 6.54 Å². The minimum Gasteiger partial charge on any atom is -0.338 e. The minimum atomic E-state index is -0.123. The Morgan fingerprint density at radius 3 is 3.11 bits per heavy atom. The van der Waals surface area contributed by atoms with Crippen molar-refractivity contribution in [2.75, 3.05) is 5.32 Å². The molecule has 6 nitrogen and oxygen atoms in total. The van der Waals surface area contributed by atoms with Crippen molar-refractivity contribution < 1.29 is 9.32 Å². The van der Waals surface area contributed by atoms with Gasteiger partial charge >= 0.3 is 0 Å². The molecule has 0 saturated carbocycles. The summed E-state index contributed by atoms with van der Waals surface area (Å²) in [5.41, 5.74) is 3.07. The van der Waals surface area contributed by atoms with E-state index < -0.39 is 0 Å². The van der Waals surface area contributed by atoms with E-state index in [4.69, 9.17) is 4.52 Å². The van der Waals surface area contributed by atoms with Crippen LogP contribution in [0.2, 0.25) is 0 Å². The molecule has 0 radical (unpaired) electrons. The van der Waals surface area contributed by atoms with Crippen LogP contribution in [0, 0.1) is 6.92 Å². The molecule has 0 spiro atoms. The molecule has 6 heteroatoms. The molecular formula is C13H16N4O2. The second kappa shape index (κ2) is 4.87. The first kappa shape index (κ1) is 12.0. The number of aryl methyl sites for hydroxylation is 2. The number of hydrogen-bond acceptors (Lipinski definition) is 4. The van der Waals surface area contributed by atoms with Gasteiger partial charge in [-0.15, -0.1) is 0 Å². The topological polar surface area (TPSA) is 73.0 Å². The molecule has 2 aromatic heterocycles. The van der Waals surface area contributed by atoms with Gasteiger partial charge < -0.3 is 9.09 Å². The molecule has 100 valence electrons. The molecule has 1 aliphatic carbocycles. The molecule has 0 unspecified atom stereocenters. The number of fused-ring (bicyclic) bond motifs is 1. The van der Waals surface area contributed by atoms with Crippen LogP contribution in [-0.4, -0.2) is 20.6 Å². The smallest absolute Gasteiger partial charge is 0.246 e. The van der Waals surface area contributed by atoms with Crippen LogP contribution in [0.4, 0.5) is 5.88 Å². The zero-order chi connectivity index (χ0) is 13.2. The van der Waals surface area contributed by atoms with Gasteiger partial charge in [0.2, 0.25) is 11.8 Å². The van der Waals surface area contributed by atoms with Crippen molar-refractivity contribution in [2.45, 2.75) is 39.2 Å². The molecule has 1 amide bonds. The van der Waals surface area contributed by atoms with E-state index in [1.807, 2.05) is 11.5 Å². The van der Waals surface area contributed by atoms with Crippen LogP contribution in [0.1, 0.15) is 29.9 Å². The zero-order valence-corrected chi connectivity index (χ0v) is 10.8. The van der Waals surface area contributed by atoms with Gasteiger partial charge in [-0.05, 0) is 32.6 Å². The maximum Gasteiger partial charge on any atom is 0.246 e. The van der Waals surface area contributed by atoms with Gasteiger partial charge in [0.05, 0.1) is 17.7 Å². The molecule has 1 aliphatic rings. The van der Waals surface area contributed by atoms with Crippen LogP contribution in [0.3, 0.4) is 0 Å². The van der Waals surface area contributed by atoms with Gasteiger partial charge in [-0.3, -0.25) is 10.1 Å². The Morgan fingerprint density at radius 1 is 1.47 bits per heavy atom. The molecule has 3 rings (SSSR count). The number of carbonyl (C=O) groups excluding carboxylic acids is 1. The molecule has 0 bridgehead atoms. The normalized spacial score (nSPS) is 14.2. The summed E-state index contributed by atoms with van der Waals surface area (Å²) in [7, 11) is 0. The van der Waals surface area contributed by atoms with E-state index in [-0.39, 0.29) is 12.5 Å². The summed E-state index contributed by atoms with van der Waals surface area (Å²) in [5, 5.41) is 6.42. The van der Waals surface area contributed by atoms with Crippen LogP contribution in [0.25, 0.3) is 0 Å². The lowest BCUT2D eigenvalue weighted by Crippen LogP contribution is -2.20. The van der Waals surface area contributed by atoms with Crippen LogP contribution < -0.4 is 5.32 Å². The number of imidazole rings is 1. The summed E-state index contributed by atoms with van der Waals surface area (Å²) >= 11 is 0. The maximum atomic E-state index is 11.9. The van der Waals surface area contributed by atoms with E-state index in [0.717, 1.165) is 24.2 Å². The third kappa shape index (κ3) is 2.52. The maximum absolute atomic E-state index is 11.9. The SMILES string of the molecule is Cc1cc(NC(=O)Cn2cnc3c2CCCC3)on1. The Kier molecular flexibility index (Phi) is 3.06. The van der Waals surface area contributed by atoms with Crippen molar-refractivity contribution >= 4 is 11.8 Å². The van der Waals surface area contributed by atoms with Crippen molar-refractivity contribution in [3.8, 4) is 0 Å². The molecule has 19 heavy (non-hydrogen) atoms. The molecule has 0 aromatic carbocycles. The van der Waals surface area contributed by atoms with E-state index in [1.54, 1.807) is 12.4 Å². The molecule has 1 N–H and O–H groups in total. The monoisotopic (exact) mass is 260 g/mol. The summed E-state index contributed by atoms with van der Waals surface area (Å²) in [5.74, 6) is 0.262. The highest BCUT2D eigenvalue weighted by Crippen LogP contribution is 2.19. The van der Waals surface area contributed by atoms with Crippen LogP contribution >= 0.6 is 0 Å². The first-order valence-electron chi connectivity index (χ1n) is 6.48. The summed E-state index contributed by atoms with van der Waals surface area (Å²) in [6, 6.07) is 1.70. The number of amides is 1. The third-order valence-electron chi connectivity index (χ3n) is 3.31. The average molecular weight is 260 g/mol. The van der Waals surface area contributed by atoms with Gasteiger partial charge in [0, 0.05) is 11.8 Å². The van der Waals surface area contributed by atoms with Gasteiger partial charge in [0.15, 0.2) is 0 Å². The fourth-order valence-corrected chi connectivity index (χ4v) is 2.42. The second-order valence-corrected chi connectivity index (χ2v) is 4.85. The van der Waals surface area contributed by atoms with Crippen molar-refractivity contribution in [3.63, 3.8) is 0 Å². The Bertz CT molecular complexity index is 600. The van der Waals surface area contributed by atoms with Crippen LogP contribution in [-0.2, 0) is 24.2 Å². The van der Waals surface area contributed by atoms with Gasteiger partial charge in [-0.2, -0.15) is 0 Å². The molecular weight excluding hydrogens is 244 g/mol.